The third kappa shape index (κ3) is 3.94. The van der Waals surface area contributed by atoms with Gasteiger partial charge in [0.1, 0.15) is 18.1 Å². The van der Waals surface area contributed by atoms with Gasteiger partial charge in [-0.05, 0) is 23.0 Å². The molecule has 25 heavy (non-hydrogen) atoms. The first kappa shape index (κ1) is 19.2. The largest absolute Gasteiger partial charge is 0.507 e. The number of aromatic nitrogens is 2. The maximum absolute atomic E-state index is 12.9. The van der Waals surface area contributed by atoms with Crippen molar-refractivity contribution in [1.82, 2.24) is 4.57 Å². The number of aromatic hydroxyl groups is 1. The number of ketones is 1. The molecule has 0 aliphatic heterocycles. The molecule has 1 aromatic carbocycles. The van der Waals surface area contributed by atoms with E-state index in [0.29, 0.717) is 17.9 Å². The second-order valence-corrected chi connectivity index (χ2v) is 8.93. The van der Waals surface area contributed by atoms with Crippen LogP contribution in [-0.4, -0.2) is 15.5 Å². The summed E-state index contributed by atoms with van der Waals surface area (Å²) in [5.74, 6) is 1.38. The average Bonchev–Trinajstić information content (AvgIpc) is 2.77. The fourth-order valence-electron chi connectivity index (χ4n) is 2.95. The topological polar surface area (TPSA) is 46.1 Å². The summed E-state index contributed by atoms with van der Waals surface area (Å²) in [5.41, 5.74) is 1.81. The molecule has 0 fully saturated rings. The standard InChI is InChI=1S/C21H30N2O2/c1-14-22(8)9-10-23(14)13-18(24)15-11-16(20(2,3)4)19(25)17(12-15)21(5,6)7/h9-12H,13H2,1-8H3/p+1. The van der Waals surface area contributed by atoms with Crippen molar-refractivity contribution in [3.05, 3.63) is 47.0 Å². The van der Waals surface area contributed by atoms with Crippen LogP contribution in [0.25, 0.3) is 0 Å². The van der Waals surface area contributed by atoms with Crippen LogP contribution in [0, 0.1) is 6.92 Å². The lowest BCUT2D eigenvalue weighted by Gasteiger charge is -2.28. The monoisotopic (exact) mass is 343 g/mol. The zero-order chi connectivity index (χ0) is 19.2. The van der Waals surface area contributed by atoms with E-state index < -0.39 is 0 Å². The molecule has 4 heteroatoms. The van der Waals surface area contributed by atoms with Gasteiger partial charge in [0.15, 0.2) is 6.54 Å². The molecule has 0 aliphatic carbocycles. The van der Waals surface area contributed by atoms with E-state index in [-0.39, 0.29) is 16.6 Å². The lowest BCUT2D eigenvalue weighted by atomic mass is 9.78. The Hall–Kier alpha value is -2.10. The number of aryl methyl sites for hydroxylation is 1. The number of nitrogens with zero attached hydrogens (tertiary/aromatic N) is 2. The van der Waals surface area contributed by atoms with Crippen molar-refractivity contribution in [2.75, 3.05) is 0 Å². The van der Waals surface area contributed by atoms with Crippen molar-refractivity contribution in [3.63, 3.8) is 0 Å². The lowest BCUT2D eigenvalue weighted by Crippen LogP contribution is -2.30. The Morgan fingerprint density at radius 2 is 1.56 bits per heavy atom. The summed E-state index contributed by atoms with van der Waals surface area (Å²) in [6.45, 7) is 14.6. The first-order valence-electron chi connectivity index (χ1n) is 8.75. The number of phenols is 1. The van der Waals surface area contributed by atoms with E-state index in [2.05, 4.69) is 41.5 Å². The van der Waals surface area contributed by atoms with Crippen molar-refractivity contribution >= 4 is 5.78 Å². The van der Waals surface area contributed by atoms with Crippen LogP contribution in [-0.2, 0) is 24.4 Å². The zero-order valence-corrected chi connectivity index (χ0v) is 16.8. The Morgan fingerprint density at radius 3 is 1.92 bits per heavy atom. The highest BCUT2D eigenvalue weighted by atomic mass is 16.3. The normalized spacial score (nSPS) is 12.5. The lowest BCUT2D eigenvalue weighted by molar-refractivity contribution is -0.677. The molecule has 0 atom stereocenters. The minimum atomic E-state index is -0.240. The molecule has 0 saturated carbocycles. The van der Waals surface area contributed by atoms with Gasteiger partial charge in [0, 0.05) is 23.6 Å². The van der Waals surface area contributed by atoms with Crippen molar-refractivity contribution in [1.29, 1.82) is 0 Å². The first-order valence-corrected chi connectivity index (χ1v) is 8.75. The van der Waals surface area contributed by atoms with Crippen LogP contribution in [0.1, 0.15) is 68.9 Å². The smallest absolute Gasteiger partial charge is 0.253 e. The van der Waals surface area contributed by atoms with Gasteiger partial charge in [-0.25, -0.2) is 9.13 Å². The Balaban J connectivity index is 2.53. The second-order valence-electron chi connectivity index (χ2n) is 8.93. The molecule has 0 aliphatic rings. The Labute approximate surface area is 151 Å². The van der Waals surface area contributed by atoms with Crippen LogP contribution in [0.15, 0.2) is 24.5 Å². The maximum atomic E-state index is 12.9. The molecule has 0 unspecified atom stereocenters. The summed E-state index contributed by atoms with van der Waals surface area (Å²) >= 11 is 0. The molecule has 2 aromatic rings. The van der Waals surface area contributed by atoms with E-state index in [4.69, 9.17) is 0 Å². The highest BCUT2D eigenvalue weighted by Crippen LogP contribution is 2.39. The van der Waals surface area contributed by atoms with E-state index in [9.17, 15) is 9.90 Å². The summed E-state index contributed by atoms with van der Waals surface area (Å²) < 4.78 is 3.94. The van der Waals surface area contributed by atoms with Crippen LogP contribution in [0.3, 0.4) is 0 Å². The van der Waals surface area contributed by atoms with Crippen LogP contribution >= 0.6 is 0 Å². The molecule has 0 amide bonds. The zero-order valence-electron chi connectivity index (χ0n) is 16.8. The predicted molar refractivity (Wildman–Crippen MR) is 100 cm³/mol. The van der Waals surface area contributed by atoms with Crippen molar-refractivity contribution in [2.45, 2.75) is 65.8 Å². The highest BCUT2D eigenvalue weighted by molar-refractivity contribution is 5.96. The SMILES string of the molecule is Cc1n(CC(=O)c2cc(C(C)(C)C)c(O)c(C(C)(C)C)c2)cc[n+]1C. The van der Waals surface area contributed by atoms with Gasteiger partial charge in [-0.2, -0.15) is 0 Å². The van der Waals surface area contributed by atoms with Gasteiger partial charge in [-0.15, -0.1) is 0 Å². The summed E-state index contributed by atoms with van der Waals surface area (Å²) in [5, 5.41) is 10.8. The van der Waals surface area contributed by atoms with Gasteiger partial charge in [-0.1, -0.05) is 41.5 Å². The number of hydrogen-bond donors (Lipinski definition) is 1. The summed E-state index contributed by atoms with van der Waals surface area (Å²) in [6.07, 6.45) is 3.86. The molecular weight excluding hydrogens is 312 g/mol. The summed E-state index contributed by atoms with van der Waals surface area (Å²) in [7, 11) is 1.96. The average molecular weight is 343 g/mol. The quantitative estimate of drug-likeness (QED) is 0.680. The maximum Gasteiger partial charge on any atom is 0.253 e. The molecule has 1 N–H and O–H groups in total. The van der Waals surface area contributed by atoms with Gasteiger partial charge in [-0.3, -0.25) is 4.79 Å². The minimum absolute atomic E-state index is 0.0512. The number of rotatable bonds is 3. The molecular formula is C21H31N2O2+. The number of benzene rings is 1. The number of phenolic OH excluding ortho intramolecular Hbond substituents is 1. The summed E-state index contributed by atoms with van der Waals surface area (Å²) in [4.78, 5) is 12.9. The van der Waals surface area contributed by atoms with E-state index in [1.807, 2.05) is 47.6 Å². The van der Waals surface area contributed by atoms with Crippen molar-refractivity contribution in [3.8, 4) is 5.75 Å². The van der Waals surface area contributed by atoms with E-state index in [1.165, 1.54) is 0 Å². The molecule has 0 radical (unpaired) electrons. The Morgan fingerprint density at radius 1 is 1.08 bits per heavy atom. The van der Waals surface area contributed by atoms with Gasteiger partial charge < -0.3 is 5.11 Å². The van der Waals surface area contributed by atoms with E-state index in [0.717, 1.165) is 17.0 Å². The van der Waals surface area contributed by atoms with Gasteiger partial charge in [0.05, 0.1) is 7.05 Å². The van der Waals surface area contributed by atoms with E-state index in [1.54, 1.807) is 0 Å². The van der Waals surface area contributed by atoms with Crippen LogP contribution in [0.4, 0.5) is 0 Å². The van der Waals surface area contributed by atoms with Gasteiger partial charge in [0.25, 0.3) is 5.82 Å². The van der Waals surface area contributed by atoms with Crippen LogP contribution < -0.4 is 4.57 Å². The van der Waals surface area contributed by atoms with Gasteiger partial charge >= 0.3 is 0 Å². The molecule has 1 aromatic heterocycles. The third-order valence-corrected chi connectivity index (χ3v) is 4.76. The number of carbonyl (C=O) groups is 1. The van der Waals surface area contributed by atoms with Crippen LogP contribution in [0.2, 0.25) is 0 Å². The molecule has 1 heterocycles. The third-order valence-electron chi connectivity index (χ3n) is 4.76. The van der Waals surface area contributed by atoms with Crippen LogP contribution in [0.5, 0.6) is 5.75 Å². The van der Waals surface area contributed by atoms with Crippen molar-refractivity contribution in [2.24, 2.45) is 7.05 Å². The fraction of sp³-hybridized carbons (Fsp3) is 0.524. The Bertz CT molecular complexity index is 767. The second kappa shape index (κ2) is 6.32. The molecule has 0 spiro atoms. The first-order chi connectivity index (χ1) is 11.3. The molecule has 0 saturated heterocycles. The molecule has 0 bridgehead atoms. The predicted octanol–water partition coefficient (Wildman–Crippen LogP) is 3.80. The summed E-state index contributed by atoms with van der Waals surface area (Å²) in [6, 6.07) is 3.71. The number of carbonyl (C=O) groups excluding carboxylic acids is 1. The fourth-order valence-corrected chi connectivity index (χ4v) is 2.95. The molecule has 4 nitrogen and oxygen atoms in total. The molecule has 136 valence electrons. The number of imidazole rings is 1. The Kier molecular flexibility index (Phi) is 4.86. The minimum Gasteiger partial charge on any atom is -0.507 e. The number of Topliss-reactive ketones (excluding diaryl/α,β-unsaturated/α-hetero) is 1. The van der Waals surface area contributed by atoms with Gasteiger partial charge in [0.2, 0.25) is 5.78 Å². The highest BCUT2D eigenvalue weighted by Gasteiger charge is 2.28. The van der Waals surface area contributed by atoms with E-state index >= 15 is 0 Å². The molecule has 2 rings (SSSR count). The number of hydrogen-bond acceptors (Lipinski definition) is 2. The van der Waals surface area contributed by atoms with Crippen molar-refractivity contribution < 1.29 is 14.5 Å².